The van der Waals surface area contributed by atoms with Crippen molar-refractivity contribution in [2.45, 2.75) is 13.0 Å². The lowest BCUT2D eigenvalue weighted by atomic mass is 10.1. The number of fused-ring (bicyclic) bond motifs is 1. The average molecular weight is 381 g/mol. The number of carbonyl (C=O) groups is 3. The number of Topliss-reactive ketones (excluding diaryl/α,β-unsaturated/α-hetero) is 1. The van der Waals surface area contributed by atoms with E-state index in [0.29, 0.717) is 23.5 Å². The molecule has 0 fully saturated rings. The van der Waals surface area contributed by atoms with Crippen LogP contribution < -0.4 is 10.1 Å². The first kappa shape index (κ1) is 19.1. The van der Waals surface area contributed by atoms with Crippen LogP contribution in [0.3, 0.4) is 0 Å². The van der Waals surface area contributed by atoms with Gasteiger partial charge in [-0.3, -0.25) is 14.4 Å². The third kappa shape index (κ3) is 4.01. The molecule has 144 valence electrons. The number of rotatable bonds is 7. The van der Waals surface area contributed by atoms with Gasteiger partial charge in [-0.05, 0) is 12.1 Å². The van der Waals surface area contributed by atoms with Gasteiger partial charge in [0.1, 0.15) is 0 Å². The van der Waals surface area contributed by atoms with Crippen LogP contribution in [0.2, 0.25) is 0 Å². The van der Waals surface area contributed by atoms with Crippen molar-refractivity contribution in [3.8, 4) is 5.88 Å². The molecule has 3 aromatic rings. The summed E-state index contributed by atoms with van der Waals surface area (Å²) in [5.74, 6) is -1.40. The lowest BCUT2D eigenvalue weighted by Gasteiger charge is -2.04. The maximum atomic E-state index is 12.7. The fourth-order valence-corrected chi connectivity index (χ4v) is 2.81. The summed E-state index contributed by atoms with van der Waals surface area (Å²) in [4.78, 5) is 40.6. The van der Waals surface area contributed by atoms with Crippen LogP contribution in [0.5, 0.6) is 5.88 Å². The number of aromatic nitrogens is 2. The second kappa shape index (κ2) is 8.34. The molecule has 8 heteroatoms. The maximum Gasteiger partial charge on any atom is 0.307 e. The topological polar surface area (TPSA) is 99.5 Å². The number of nitrogens with zero attached hydrogens (tertiary/aromatic N) is 2. The molecule has 0 unspecified atom stereocenters. The number of hydrogen-bond donors (Lipinski definition) is 1. The maximum absolute atomic E-state index is 12.7. The predicted molar refractivity (Wildman–Crippen MR) is 102 cm³/mol. The Bertz CT molecular complexity index is 1020. The summed E-state index contributed by atoms with van der Waals surface area (Å²) in [6.45, 7) is 0.338. The zero-order chi connectivity index (χ0) is 20.1. The van der Waals surface area contributed by atoms with E-state index in [2.05, 4.69) is 15.0 Å². The van der Waals surface area contributed by atoms with Crippen LogP contribution in [0.15, 0.2) is 48.8 Å². The average Bonchev–Trinajstić information content (AvgIpc) is 3.10. The number of ether oxygens (including phenoxy) is 2. The SMILES string of the molecule is COC(=O)CCn1cc(C(=O)C(=O)Nc2ccc(OC)nc2)c2ccccc21. The van der Waals surface area contributed by atoms with Crippen LogP contribution in [0.4, 0.5) is 5.69 Å². The van der Waals surface area contributed by atoms with Crippen LogP contribution in [-0.2, 0) is 20.9 Å². The van der Waals surface area contributed by atoms with Crippen molar-refractivity contribution in [2.75, 3.05) is 19.5 Å². The van der Waals surface area contributed by atoms with E-state index in [9.17, 15) is 14.4 Å². The number of nitrogens with one attached hydrogen (secondary N) is 1. The lowest BCUT2D eigenvalue weighted by Crippen LogP contribution is -2.22. The van der Waals surface area contributed by atoms with Gasteiger partial charge in [0.25, 0.3) is 11.7 Å². The van der Waals surface area contributed by atoms with Gasteiger partial charge in [0.15, 0.2) is 0 Å². The summed E-state index contributed by atoms with van der Waals surface area (Å²) < 4.78 is 11.4. The number of carbonyl (C=O) groups excluding carboxylic acids is 3. The Morgan fingerprint density at radius 2 is 1.89 bits per heavy atom. The van der Waals surface area contributed by atoms with Crippen molar-refractivity contribution in [3.05, 3.63) is 54.4 Å². The van der Waals surface area contributed by atoms with Crippen molar-refractivity contribution >= 4 is 34.3 Å². The first-order valence-electron chi connectivity index (χ1n) is 8.54. The van der Waals surface area contributed by atoms with E-state index in [1.807, 2.05) is 12.1 Å². The van der Waals surface area contributed by atoms with Crippen molar-refractivity contribution in [1.82, 2.24) is 9.55 Å². The smallest absolute Gasteiger partial charge is 0.307 e. The largest absolute Gasteiger partial charge is 0.481 e. The molecule has 3 rings (SSSR count). The number of aryl methyl sites for hydroxylation is 1. The normalized spacial score (nSPS) is 10.5. The molecule has 2 aromatic heterocycles. The zero-order valence-electron chi connectivity index (χ0n) is 15.5. The van der Waals surface area contributed by atoms with Gasteiger partial charge in [0.2, 0.25) is 5.88 Å². The number of benzene rings is 1. The standard InChI is InChI=1S/C20H19N3O5/c1-27-17-8-7-13(11-21-17)22-20(26)19(25)15-12-23(10-9-18(24)28-2)16-6-4-3-5-14(15)16/h3-8,11-12H,9-10H2,1-2H3,(H,22,26). The molecule has 8 nitrogen and oxygen atoms in total. The second-order valence-corrected chi connectivity index (χ2v) is 5.95. The molecular weight excluding hydrogens is 362 g/mol. The molecule has 28 heavy (non-hydrogen) atoms. The highest BCUT2D eigenvalue weighted by Gasteiger charge is 2.22. The highest BCUT2D eigenvalue weighted by molar-refractivity contribution is 6.48. The summed E-state index contributed by atoms with van der Waals surface area (Å²) in [5.41, 5.74) is 1.40. The lowest BCUT2D eigenvalue weighted by molar-refractivity contribution is -0.140. The first-order valence-corrected chi connectivity index (χ1v) is 8.54. The number of pyridine rings is 1. The number of amides is 1. The molecule has 2 heterocycles. The predicted octanol–water partition coefficient (Wildman–Crippen LogP) is 2.43. The monoisotopic (exact) mass is 381 g/mol. The molecule has 1 aromatic carbocycles. The number of anilines is 1. The molecule has 0 aliphatic rings. The molecule has 0 radical (unpaired) electrons. The van der Waals surface area contributed by atoms with E-state index >= 15 is 0 Å². The number of hydrogen-bond acceptors (Lipinski definition) is 6. The number of ketones is 1. The van der Waals surface area contributed by atoms with Gasteiger partial charge in [-0.15, -0.1) is 0 Å². The molecular formula is C20H19N3O5. The molecule has 0 spiro atoms. The fourth-order valence-electron chi connectivity index (χ4n) is 2.81. The van der Waals surface area contributed by atoms with Crippen LogP contribution in [0.25, 0.3) is 10.9 Å². The Morgan fingerprint density at radius 1 is 1.11 bits per heavy atom. The van der Waals surface area contributed by atoms with Crippen LogP contribution in [0.1, 0.15) is 16.8 Å². The summed E-state index contributed by atoms with van der Waals surface area (Å²) in [5, 5.41) is 3.17. The third-order valence-corrected chi connectivity index (χ3v) is 4.23. The molecule has 1 N–H and O–H groups in total. The van der Waals surface area contributed by atoms with Crippen LogP contribution >= 0.6 is 0 Å². The van der Waals surface area contributed by atoms with Crippen LogP contribution in [0, 0.1) is 0 Å². The summed E-state index contributed by atoms with van der Waals surface area (Å²) in [6.07, 6.45) is 3.15. The Kier molecular flexibility index (Phi) is 5.69. The Hall–Kier alpha value is -3.68. The highest BCUT2D eigenvalue weighted by atomic mass is 16.5. The molecule has 1 amide bonds. The van der Waals surface area contributed by atoms with Gasteiger partial charge < -0.3 is 19.4 Å². The highest BCUT2D eigenvalue weighted by Crippen LogP contribution is 2.23. The second-order valence-electron chi connectivity index (χ2n) is 5.95. The van der Waals surface area contributed by atoms with Gasteiger partial charge in [-0.1, -0.05) is 18.2 Å². The molecule has 0 aliphatic carbocycles. The first-order chi connectivity index (χ1) is 13.5. The van der Waals surface area contributed by atoms with Crippen molar-refractivity contribution in [3.63, 3.8) is 0 Å². The summed E-state index contributed by atoms with van der Waals surface area (Å²) in [7, 11) is 2.81. The van der Waals surface area contributed by atoms with E-state index in [1.54, 1.807) is 35.0 Å². The zero-order valence-corrected chi connectivity index (χ0v) is 15.5. The van der Waals surface area contributed by atoms with Crippen molar-refractivity contribution in [1.29, 1.82) is 0 Å². The molecule has 0 aliphatic heterocycles. The van der Waals surface area contributed by atoms with E-state index in [0.717, 1.165) is 5.52 Å². The minimum atomic E-state index is -0.775. The van der Waals surface area contributed by atoms with E-state index in [1.165, 1.54) is 20.4 Å². The van der Waals surface area contributed by atoms with Crippen molar-refractivity contribution in [2.24, 2.45) is 0 Å². The minimum Gasteiger partial charge on any atom is -0.481 e. The number of para-hydroxylation sites is 1. The Morgan fingerprint density at radius 3 is 2.57 bits per heavy atom. The number of methoxy groups -OCH3 is 2. The summed E-state index contributed by atoms with van der Waals surface area (Å²) >= 11 is 0. The van der Waals surface area contributed by atoms with E-state index in [-0.39, 0.29) is 18.0 Å². The fraction of sp³-hybridized carbons (Fsp3) is 0.200. The Balaban J connectivity index is 1.83. The van der Waals surface area contributed by atoms with Gasteiger partial charge in [0.05, 0.1) is 38.1 Å². The Labute approximate surface area is 161 Å². The van der Waals surface area contributed by atoms with Crippen LogP contribution in [-0.4, -0.2) is 41.4 Å². The van der Waals surface area contributed by atoms with E-state index < -0.39 is 11.7 Å². The minimum absolute atomic E-state index is 0.159. The van der Waals surface area contributed by atoms with Gasteiger partial charge >= 0.3 is 5.97 Å². The summed E-state index contributed by atoms with van der Waals surface area (Å²) in [6, 6.07) is 10.4. The van der Waals surface area contributed by atoms with E-state index in [4.69, 9.17) is 4.74 Å². The van der Waals surface area contributed by atoms with Crippen molar-refractivity contribution < 1.29 is 23.9 Å². The van der Waals surface area contributed by atoms with Gasteiger partial charge in [0, 0.05) is 29.7 Å². The molecule has 0 bridgehead atoms. The quantitative estimate of drug-likeness (QED) is 0.383. The number of esters is 1. The molecule has 0 saturated carbocycles. The third-order valence-electron chi connectivity index (χ3n) is 4.23. The van der Waals surface area contributed by atoms with Gasteiger partial charge in [-0.25, -0.2) is 4.98 Å². The molecule has 0 atom stereocenters. The van der Waals surface area contributed by atoms with Gasteiger partial charge in [-0.2, -0.15) is 0 Å². The molecule has 0 saturated heterocycles.